The molecule has 0 radical (unpaired) electrons. The highest BCUT2D eigenvalue weighted by Crippen LogP contribution is 2.21. The van der Waals surface area contributed by atoms with Gasteiger partial charge in [-0.1, -0.05) is 12.5 Å². The number of carbonyl (C=O) groups is 1. The van der Waals surface area contributed by atoms with Crippen molar-refractivity contribution in [3.05, 3.63) is 35.6 Å². The topological polar surface area (TPSA) is 23.6 Å². The molecule has 3 nitrogen and oxygen atoms in total. The lowest BCUT2D eigenvalue weighted by Crippen LogP contribution is -2.43. The number of amides is 1. The van der Waals surface area contributed by atoms with Crippen LogP contribution in [0.5, 0.6) is 0 Å². The number of benzene rings is 1. The highest BCUT2D eigenvalue weighted by atomic mass is 19.1. The van der Waals surface area contributed by atoms with Gasteiger partial charge in [0, 0.05) is 24.7 Å². The Morgan fingerprint density at radius 1 is 1.10 bits per heavy atom. The van der Waals surface area contributed by atoms with E-state index in [1.165, 1.54) is 37.8 Å². The number of hydrogen-bond acceptors (Lipinski definition) is 2. The molecule has 2 aliphatic heterocycles. The molecule has 2 aliphatic rings. The molecule has 21 heavy (non-hydrogen) atoms. The molecule has 3 rings (SSSR count). The van der Waals surface area contributed by atoms with E-state index in [0.717, 1.165) is 32.6 Å². The first-order valence-electron chi connectivity index (χ1n) is 8.03. The van der Waals surface area contributed by atoms with Crippen molar-refractivity contribution in [3.8, 4) is 0 Å². The summed E-state index contributed by atoms with van der Waals surface area (Å²) in [5, 5.41) is 0. The van der Waals surface area contributed by atoms with E-state index in [1.54, 1.807) is 12.1 Å². The largest absolute Gasteiger partial charge is 0.337 e. The van der Waals surface area contributed by atoms with Gasteiger partial charge in [-0.3, -0.25) is 9.69 Å². The maximum Gasteiger partial charge on any atom is 0.254 e. The smallest absolute Gasteiger partial charge is 0.254 e. The van der Waals surface area contributed by atoms with Crippen LogP contribution < -0.4 is 0 Å². The summed E-state index contributed by atoms with van der Waals surface area (Å²) in [4.78, 5) is 17.1. The number of likely N-dealkylation sites (tertiary alicyclic amines) is 2. The zero-order valence-electron chi connectivity index (χ0n) is 12.4. The zero-order chi connectivity index (χ0) is 14.7. The summed E-state index contributed by atoms with van der Waals surface area (Å²) in [5.41, 5.74) is 0.470. The third-order valence-corrected chi connectivity index (χ3v) is 4.66. The highest BCUT2D eigenvalue weighted by molar-refractivity contribution is 5.94. The Hall–Kier alpha value is -1.42. The number of nitrogens with zero attached hydrogens (tertiary/aromatic N) is 2. The highest BCUT2D eigenvalue weighted by Gasteiger charge is 2.28. The van der Waals surface area contributed by atoms with Gasteiger partial charge < -0.3 is 4.90 Å². The van der Waals surface area contributed by atoms with Crippen LogP contribution in [0.2, 0.25) is 0 Å². The van der Waals surface area contributed by atoms with Crippen molar-refractivity contribution in [2.45, 2.75) is 38.1 Å². The SMILES string of the molecule is O=C(c1cccc(F)c1)N1CCCCC(N2CCCC2)C1. The molecule has 4 heteroatoms. The van der Waals surface area contributed by atoms with Crippen LogP contribution in [0.15, 0.2) is 24.3 Å². The van der Waals surface area contributed by atoms with Crippen molar-refractivity contribution < 1.29 is 9.18 Å². The maximum absolute atomic E-state index is 13.3. The summed E-state index contributed by atoms with van der Waals surface area (Å²) in [7, 11) is 0. The average Bonchev–Trinajstić information content (AvgIpc) is 2.91. The summed E-state index contributed by atoms with van der Waals surface area (Å²) in [6.45, 7) is 3.90. The minimum atomic E-state index is -0.341. The van der Waals surface area contributed by atoms with E-state index in [1.807, 2.05) is 4.90 Å². The maximum atomic E-state index is 13.3. The number of hydrogen-bond donors (Lipinski definition) is 0. The van der Waals surface area contributed by atoms with E-state index < -0.39 is 0 Å². The normalized spacial score (nSPS) is 24.0. The Bertz CT molecular complexity index is 499. The molecule has 0 bridgehead atoms. The van der Waals surface area contributed by atoms with Crippen molar-refractivity contribution in [2.75, 3.05) is 26.2 Å². The van der Waals surface area contributed by atoms with Gasteiger partial charge in [-0.15, -0.1) is 0 Å². The van der Waals surface area contributed by atoms with Crippen LogP contribution in [0.25, 0.3) is 0 Å². The van der Waals surface area contributed by atoms with Crippen molar-refractivity contribution in [1.29, 1.82) is 0 Å². The van der Waals surface area contributed by atoms with E-state index >= 15 is 0 Å². The van der Waals surface area contributed by atoms with E-state index in [-0.39, 0.29) is 11.7 Å². The Kier molecular flexibility index (Phi) is 4.54. The molecule has 0 saturated carbocycles. The van der Waals surface area contributed by atoms with Gasteiger partial charge in [-0.05, 0) is 57.0 Å². The Morgan fingerprint density at radius 2 is 1.86 bits per heavy atom. The van der Waals surface area contributed by atoms with Crippen LogP contribution in [0, 0.1) is 5.82 Å². The van der Waals surface area contributed by atoms with Crippen molar-refractivity contribution in [3.63, 3.8) is 0 Å². The van der Waals surface area contributed by atoms with E-state index in [0.29, 0.717) is 11.6 Å². The summed E-state index contributed by atoms with van der Waals surface area (Å²) < 4.78 is 13.3. The van der Waals surface area contributed by atoms with Crippen LogP contribution in [-0.4, -0.2) is 47.9 Å². The van der Waals surface area contributed by atoms with Gasteiger partial charge in [-0.25, -0.2) is 4.39 Å². The number of halogens is 1. The fraction of sp³-hybridized carbons (Fsp3) is 0.588. The second-order valence-electron chi connectivity index (χ2n) is 6.15. The lowest BCUT2D eigenvalue weighted by atomic mass is 10.1. The molecular formula is C17H23FN2O. The number of carbonyl (C=O) groups excluding carboxylic acids is 1. The fourth-order valence-corrected chi connectivity index (χ4v) is 3.51. The monoisotopic (exact) mass is 290 g/mol. The molecule has 1 aromatic carbocycles. The lowest BCUT2D eigenvalue weighted by Gasteiger charge is -2.30. The first-order valence-corrected chi connectivity index (χ1v) is 8.03. The second kappa shape index (κ2) is 6.56. The Labute approximate surface area is 125 Å². The Balaban J connectivity index is 1.72. The van der Waals surface area contributed by atoms with Crippen LogP contribution in [-0.2, 0) is 0 Å². The van der Waals surface area contributed by atoms with Crippen molar-refractivity contribution in [2.24, 2.45) is 0 Å². The minimum Gasteiger partial charge on any atom is -0.337 e. The quantitative estimate of drug-likeness (QED) is 0.836. The summed E-state index contributed by atoms with van der Waals surface area (Å²) in [6, 6.07) is 6.52. The van der Waals surface area contributed by atoms with Gasteiger partial charge in [-0.2, -0.15) is 0 Å². The molecular weight excluding hydrogens is 267 g/mol. The summed E-state index contributed by atoms with van der Waals surface area (Å²) in [5.74, 6) is -0.368. The predicted molar refractivity (Wildman–Crippen MR) is 80.7 cm³/mol. The third-order valence-electron chi connectivity index (χ3n) is 4.66. The van der Waals surface area contributed by atoms with Gasteiger partial charge in [0.25, 0.3) is 5.91 Å². The molecule has 1 amide bonds. The predicted octanol–water partition coefficient (Wildman–Crippen LogP) is 2.92. The minimum absolute atomic E-state index is 0.0272. The Morgan fingerprint density at radius 3 is 2.62 bits per heavy atom. The molecule has 114 valence electrons. The molecule has 0 aromatic heterocycles. The molecule has 1 unspecified atom stereocenters. The van der Waals surface area contributed by atoms with E-state index in [9.17, 15) is 9.18 Å². The molecule has 0 N–H and O–H groups in total. The molecule has 0 aliphatic carbocycles. The summed E-state index contributed by atoms with van der Waals surface area (Å²) in [6.07, 6.45) is 5.94. The van der Waals surface area contributed by atoms with E-state index in [4.69, 9.17) is 0 Å². The van der Waals surface area contributed by atoms with Crippen LogP contribution >= 0.6 is 0 Å². The van der Waals surface area contributed by atoms with Crippen LogP contribution in [0.1, 0.15) is 42.5 Å². The third kappa shape index (κ3) is 3.43. The first kappa shape index (κ1) is 14.5. The molecule has 2 heterocycles. The standard InChI is InChI=1S/C17H23FN2O/c18-15-7-5-6-14(12-15)17(21)20-11-2-1-8-16(13-20)19-9-3-4-10-19/h5-7,12,16H,1-4,8-11,13H2. The number of rotatable bonds is 2. The van der Waals surface area contributed by atoms with Gasteiger partial charge in [0.2, 0.25) is 0 Å². The molecule has 2 fully saturated rings. The van der Waals surface area contributed by atoms with Gasteiger partial charge in [0.15, 0.2) is 0 Å². The fourth-order valence-electron chi connectivity index (χ4n) is 3.51. The van der Waals surface area contributed by atoms with Gasteiger partial charge in [0.1, 0.15) is 5.82 Å². The van der Waals surface area contributed by atoms with Crippen molar-refractivity contribution in [1.82, 2.24) is 9.80 Å². The van der Waals surface area contributed by atoms with Gasteiger partial charge in [0.05, 0.1) is 0 Å². The van der Waals surface area contributed by atoms with Crippen molar-refractivity contribution >= 4 is 5.91 Å². The molecule has 1 atom stereocenters. The van der Waals surface area contributed by atoms with Crippen LogP contribution in [0.4, 0.5) is 4.39 Å². The summed E-state index contributed by atoms with van der Waals surface area (Å²) >= 11 is 0. The van der Waals surface area contributed by atoms with Crippen LogP contribution in [0.3, 0.4) is 0 Å². The second-order valence-corrected chi connectivity index (χ2v) is 6.15. The molecule has 2 saturated heterocycles. The molecule has 0 spiro atoms. The van der Waals surface area contributed by atoms with E-state index in [2.05, 4.69) is 4.90 Å². The first-order chi connectivity index (χ1) is 10.2. The van der Waals surface area contributed by atoms with Gasteiger partial charge >= 0.3 is 0 Å². The lowest BCUT2D eigenvalue weighted by molar-refractivity contribution is 0.0714. The zero-order valence-corrected chi connectivity index (χ0v) is 12.4. The average molecular weight is 290 g/mol. The molecule has 1 aromatic rings.